The first-order valence-corrected chi connectivity index (χ1v) is 7.74. The van der Waals surface area contributed by atoms with Gasteiger partial charge in [0.05, 0.1) is 0 Å². The van der Waals surface area contributed by atoms with Gasteiger partial charge in [-0.25, -0.2) is 0 Å². The van der Waals surface area contributed by atoms with Crippen LogP contribution in [0.2, 0.25) is 0 Å². The highest BCUT2D eigenvalue weighted by atomic mass is 35.5. The largest absolute Gasteiger partial charge is 0.341 e. The van der Waals surface area contributed by atoms with Crippen molar-refractivity contribution in [1.82, 2.24) is 10.2 Å². The summed E-state index contributed by atoms with van der Waals surface area (Å²) in [6.45, 7) is 2.04. The topological polar surface area (TPSA) is 32.3 Å². The Morgan fingerprint density at radius 2 is 1.95 bits per heavy atom. The van der Waals surface area contributed by atoms with Gasteiger partial charge in [-0.15, -0.1) is 12.4 Å². The van der Waals surface area contributed by atoms with Crippen molar-refractivity contribution in [3.05, 3.63) is 0 Å². The van der Waals surface area contributed by atoms with Gasteiger partial charge in [-0.2, -0.15) is 0 Å². The van der Waals surface area contributed by atoms with Gasteiger partial charge in [-0.1, -0.05) is 32.1 Å². The van der Waals surface area contributed by atoms with Crippen molar-refractivity contribution in [3.63, 3.8) is 0 Å². The summed E-state index contributed by atoms with van der Waals surface area (Å²) in [4.78, 5) is 14.0. The Kier molecular flexibility index (Phi) is 7.77. The van der Waals surface area contributed by atoms with E-state index in [2.05, 4.69) is 5.32 Å². The van der Waals surface area contributed by atoms with Crippen LogP contribution >= 0.6 is 12.4 Å². The number of nitrogens with one attached hydrogen (secondary N) is 1. The molecular formula is C15H29ClN2O. The molecule has 0 spiro atoms. The Hall–Kier alpha value is -0.280. The molecule has 0 aromatic heterocycles. The molecule has 1 saturated heterocycles. The van der Waals surface area contributed by atoms with Gasteiger partial charge in [-0.05, 0) is 31.7 Å². The first-order valence-electron chi connectivity index (χ1n) is 7.74. The molecule has 1 saturated carbocycles. The van der Waals surface area contributed by atoms with Gasteiger partial charge in [0.25, 0.3) is 0 Å². The molecule has 4 heteroatoms. The van der Waals surface area contributed by atoms with Crippen LogP contribution in [0, 0.1) is 5.92 Å². The second kappa shape index (κ2) is 8.80. The Bertz CT molecular complexity index is 261. The molecule has 1 aliphatic heterocycles. The van der Waals surface area contributed by atoms with Crippen molar-refractivity contribution in [1.29, 1.82) is 0 Å². The molecule has 2 aliphatic rings. The highest BCUT2D eigenvalue weighted by Gasteiger charge is 2.23. The van der Waals surface area contributed by atoms with E-state index < -0.39 is 0 Å². The number of rotatable bonds is 5. The molecule has 0 aromatic rings. The van der Waals surface area contributed by atoms with Crippen LogP contribution in [0.15, 0.2) is 0 Å². The fraction of sp³-hybridized carbons (Fsp3) is 0.933. The Morgan fingerprint density at radius 3 is 2.58 bits per heavy atom. The monoisotopic (exact) mass is 288 g/mol. The predicted molar refractivity (Wildman–Crippen MR) is 81.7 cm³/mol. The molecule has 19 heavy (non-hydrogen) atoms. The van der Waals surface area contributed by atoms with E-state index in [4.69, 9.17) is 0 Å². The molecule has 2 fully saturated rings. The minimum Gasteiger partial charge on any atom is -0.341 e. The number of likely N-dealkylation sites (N-methyl/N-ethyl adjacent to an activating group) is 1. The lowest BCUT2D eigenvalue weighted by Crippen LogP contribution is -2.38. The molecule has 1 heterocycles. The number of hydrogen-bond acceptors (Lipinski definition) is 2. The standard InChI is InChI=1S/C15H28N2O.ClH/c1-17(14-10-11-16-12-14)15(18)9-5-8-13-6-3-2-4-7-13;/h13-14,16H,2-12H2,1H3;1H. The average molecular weight is 289 g/mol. The van der Waals surface area contributed by atoms with Gasteiger partial charge >= 0.3 is 0 Å². The number of nitrogens with zero attached hydrogens (tertiary/aromatic N) is 1. The van der Waals surface area contributed by atoms with Crippen molar-refractivity contribution in [3.8, 4) is 0 Å². The summed E-state index contributed by atoms with van der Waals surface area (Å²) < 4.78 is 0. The summed E-state index contributed by atoms with van der Waals surface area (Å²) in [5.74, 6) is 1.25. The lowest BCUT2D eigenvalue weighted by molar-refractivity contribution is -0.131. The van der Waals surface area contributed by atoms with Crippen LogP contribution in [-0.4, -0.2) is 37.0 Å². The molecule has 1 unspecified atom stereocenters. The molecule has 0 radical (unpaired) electrons. The van der Waals surface area contributed by atoms with Crippen molar-refractivity contribution < 1.29 is 4.79 Å². The third-order valence-electron chi connectivity index (χ3n) is 4.70. The molecule has 1 atom stereocenters. The summed E-state index contributed by atoms with van der Waals surface area (Å²) in [5.41, 5.74) is 0. The Morgan fingerprint density at radius 1 is 1.21 bits per heavy atom. The normalized spacial score (nSPS) is 23.9. The maximum Gasteiger partial charge on any atom is 0.222 e. The fourth-order valence-electron chi connectivity index (χ4n) is 3.37. The van der Waals surface area contributed by atoms with Crippen LogP contribution in [0.4, 0.5) is 0 Å². The summed E-state index contributed by atoms with van der Waals surface area (Å²) in [6, 6.07) is 0.437. The van der Waals surface area contributed by atoms with Gasteiger partial charge in [-0.3, -0.25) is 4.79 Å². The van der Waals surface area contributed by atoms with E-state index in [9.17, 15) is 4.79 Å². The van der Waals surface area contributed by atoms with Gasteiger partial charge in [0.15, 0.2) is 0 Å². The van der Waals surface area contributed by atoms with Crippen molar-refractivity contribution >= 4 is 18.3 Å². The average Bonchev–Trinajstić information content (AvgIpc) is 2.93. The van der Waals surface area contributed by atoms with E-state index in [1.807, 2.05) is 11.9 Å². The highest BCUT2D eigenvalue weighted by Crippen LogP contribution is 2.27. The molecule has 1 N–H and O–H groups in total. The first-order chi connectivity index (χ1) is 8.77. The molecule has 112 valence electrons. The molecule has 0 aromatic carbocycles. The van der Waals surface area contributed by atoms with E-state index in [-0.39, 0.29) is 12.4 Å². The van der Waals surface area contributed by atoms with Gasteiger partial charge in [0.1, 0.15) is 0 Å². The van der Waals surface area contributed by atoms with E-state index in [1.165, 1.54) is 38.5 Å². The summed E-state index contributed by atoms with van der Waals surface area (Å²) in [7, 11) is 1.97. The third-order valence-corrected chi connectivity index (χ3v) is 4.70. The van der Waals surface area contributed by atoms with E-state index in [0.717, 1.165) is 38.3 Å². The third kappa shape index (κ3) is 5.31. The second-order valence-corrected chi connectivity index (χ2v) is 6.05. The number of carbonyl (C=O) groups is 1. The molecule has 1 aliphatic carbocycles. The van der Waals surface area contributed by atoms with Gasteiger partial charge in [0.2, 0.25) is 5.91 Å². The van der Waals surface area contributed by atoms with E-state index >= 15 is 0 Å². The summed E-state index contributed by atoms with van der Waals surface area (Å²) in [5, 5.41) is 3.32. The Labute approximate surface area is 123 Å². The summed E-state index contributed by atoms with van der Waals surface area (Å²) >= 11 is 0. The second-order valence-electron chi connectivity index (χ2n) is 6.05. The molecule has 1 amide bonds. The minimum atomic E-state index is 0. The van der Waals surface area contributed by atoms with Crippen LogP contribution in [0.25, 0.3) is 0 Å². The number of halogens is 1. The highest BCUT2D eigenvalue weighted by molar-refractivity contribution is 5.85. The van der Waals surface area contributed by atoms with Crippen molar-refractivity contribution in [2.75, 3.05) is 20.1 Å². The van der Waals surface area contributed by atoms with Crippen molar-refractivity contribution in [2.24, 2.45) is 5.92 Å². The summed E-state index contributed by atoms with van der Waals surface area (Å²) in [6.07, 6.45) is 11.3. The number of hydrogen-bond donors (Lipinski definition) is 1. The van der Waals surface area contributed by atoms with Gasteiger partial charge < -0.3 is 10.2 Å². The molecule has 0 bridgehead atoms. The van der Waals surface area contributed by atoms with Gasteiger partial charge in [0, 0.05) is 26.1 Å². The van der Waals surface area contributed by atoms with Crippen molar-refractivity contribution in [2.45, 2.75) is 63.8 Å². The maximum atomic E-state index is 12.1. The predicted octanol–water partition coefficient (Wildman–Crippen LogP) is 2.98. The van der Waals surface area contributed by atoms with E-state index in [0.29, 0.717) is 11.9 Å². The first kappa shape index (κ1) is 16.8. The van der Waals surface area contributed by atoms with Crippen LogP contribution in [0.5, 0.6) is 0 Å². The zero-order chi connectivity index (χ0) is 12.8. The zero-order valence-electron chi connectivity index (χ0n) is 12.2. The molecule has 3 nitrogen and oxygen atoms in total. The SMILES string of the molecule is CN(C(=O)CCCC1CCCCC1)C1CCNC1.Cl. The zero-order valence-corrected chi connectivity index (χ0v) is 13.0. The van der Waals surface area contributed by atoms with Crippen LogP contribution in [-0.2, 0) is 4.79 Å². The molecule has 2 rings (SSSR count). The maximum absolute atomic E-state index is 12.1. The van der Waals surface area contributed by atoms with Crippen LogP contribution in [0.3, 0.4) is 0 Å². The van der Waals surface area contributed by atoms with E-state index in [1.54, 1.807) is 0 Å². The Balaban J connectivity index is 0.00000180. The number of carbonyl (C=O) groups excluding carboxylic acids is 1. The fourth-order valence-corrected chi connectivity index (χ4v) is 3.37. The van der Waals surface area contributed by atoms with Crippen LogP contribution in [0.1, 0.15) is 57.8 Å². The lowest BCUT2D eigenvalue weighted by Gasteiger charge is -2.25. The smallest absolute Gasteiger partial charge is 0.222 e. The molecular weight excluding hydrogens is 260 g/mol. The minimum absolute atomic E-state index is 0. The quantitative estimate of drug-likeness (QED) is 0.843. The van der Waals surface area contributed by atoms with Crippen LogP contribution < -0.4 is 5.32 Å². The number of amides is 1. The lowest BCUT2D eigenvalue weighted by atomic mass is 9.86.